The Labute approximate surface area is 149 Å². The third-order valence-corrected chi connectivity index (χ3v) is 5.47. The Hall–Kier alpha value is -0.630. The number of fused-ring (bicyclic) bond motifs is 1. The Morgan fingerprint density at radius 1 is 1.17 bits per heavy atom. The molecule has 0 unspecified atom stereocenters. The van der Waals surface area contributed by atoms with Crippen LogP contribution in [0.15, 0.2) is 4.99 Å². The fourth-order valence-corrected chi connectivity index (χ4v) is 3.92. The molecule has 0 N–H and O–H groups in total. The lowest BCUT2D eigenvalue weighted by Gasteiger charge is -2.40. The second-order valence-corrected chi connectivity index (χ2v) is 7.46. The zero-order valence-electron chi connectivity index (χ0n) is 15.1. The lowest BCUT2D eigenvalue weighted by atomic mass is 9.98. The molecule has 2 aliphatic heterocycles. The molecule has 5 atom stereocenters. The lowest BCUT2D eigenvalue weighted by molar-refractivity contribution is -0.188. The molecule has 0 aliphatic carbocycles. The summed E-state index contributed by atoms with van der Waals surface area (Å²) in [5, 5.41) is 0.910. The summed E-state index contributed by atoms with van der Waals surface area (Å²) in [6, 6.07) is -0.132. The fourth-order valence-electron chi connectivity index (χ4n) is 2.78. The summed E-state index contributed by atoms with van der Waals surface area (Å²) in [7, 11) is 3.92. The Bertz CT molecular complexity index is 433. The van der Waals surface area contributed by atoms with Crippen molar-refractivity contribution < 1.29 is 19.0 Å². The van der Waals surface area contributed by atoms with E-state index in [1.165, 1.54) is 0 Å². The van der Waals surface area contributed by atoms with Crippen LogP contribution >= 0.6 is 11.8 Å². The van der Waals surface area contributed by atoms with E-state index in [4.69, 9.17) is 19.2 Å². The number of aldehydes is 1. The highest BCUT2D eigenvalue weighted by Crippen LogP contribution is 2.38. The molecular formula is C17H30N2O4S. The number of ether oxygens (including phenoxy) is 3. The Kier molecular flexibility index (Phi) is 8.00. The molecule has 0 aromatic carbocycles. The monoisotopic (exact) mass is 358 g/mol. The Balaban J connectivity index is 2.15. The van der Waals surface area contributed by atoms with Crippen LogP contribution in [0.1, 0.15) is 39.5 Å². The minimum Gasteiger partial charge on any atom is -0.373 e. The maximum absolute atomic E-state index is 11.6. The number of unbranched alkanes of at least 4 members (excludes halogenated alkanes) is 2. The molecule has 0 radical (unpaired) electrons. The summed E-state index contributed by atoms with van der Waals surface area (Å²) in [5.41, 5.74) is -0.185. The van der Waals surface area contributed by atoms with Gasteiger partial charge in [0.2, 0.25) is 0 Å². The molecule has 2 rings (SSSR count). The van der Waals surface area contributed by atoms with Gasteiger partial charge in [-0.1, -0.05) is 38.5 Å². The number of hydrogen-bond acceptors (Lipinski definition) is 7. The van der Waals surface area contributed by atoms with Crippen LogP contribution in [0.25, 0.3) is 0 Å². The van der Waals surface area contributed by atoms with Crippen molar-refractivity contribution in [3.63, 3.8) is 0 Å². The van der Waals surface area contributed by atoms with Gasteiger partial charge in [-0.25, -0.2) is 0 Å². The minimum atomic E-state index is -0.598. The van der Waals surface area contributed by atoms with E-state index in [0.29, 0.717) is 13.2 Å². The summed E-state index contributed by atoms with van der Waals surface area (Å²) in [4.78, 5) is 18.3. The number of thioether (sulfide) groups is 1. The van der Waals surface area contributed by atoms with Gasteiger partial charge in [0.25, 0.3) is 0 Å². The zero-order valence-corrected chi connectivity index (χ0v) is 16.0. The zero-order chi connectivity index (χ0) is 17.5. The topological polar surface area (TPSA) is 60.4 Å². The molecule has 2 aliphatic rings. The van der Waals surface area contributed by atoms with Gasteiger partial charge < -0.3 is 23.9 Å². The molecule has 24 heavy (non-hydrogen) atoms. The van der Waals surface area contributed by atoms with Gasteiger partial charge in [0, 0.05) is 27.3 Å². The third-order valence-electron chi connectivity index (χ3n) is 4.17. The van der Waals surface area contributed by atoms with Crippen LogP contribution in [0.4, 0.5) is 0 Å². The van der Waals surface area contributed by atoms with E-state index < -0.39 is 12.2 Å². The number of nitrogens with zero attached hydrogens (tertiary/aromatic N) is 2. The van der Waals surface area contributed by atoms with Crippen molar-refractivity contribution in [3.8, 4) is 0 Å². The second kappa shape index (κ2) is 9.75. The average Bonchev–Trinajstić information content (AvgIpc) is 3.00. The predicted molar refractivity (Wildman–Crippen MR) is 96.5 cm³/mol. The van der Waals surface area contributed by atoms with Crippen molar-refractivity contribution in [2.24, 2.45) is 4.99 Å². The standard InChI is InChI=1S/C17H30N2O4S/c1-5-7-9-21-14-12(11-20)23-16-13(15(14)22-10-8-6-2)18-17(24-16)19(3)4/h11-16H,5-10H2,1-4H3/t12-,13-,14-,15-,16-/m1/s1. The first-order chi connectivity index (χ1) is 11.6. The van der Waals surface area contributed by atoms with E-state index in [9.17, 15) is 4.79 Å². The average molecular weight is 359 g/mol. The molecule has 7 heteroatoms. The maximum Gasteiger partial charge on any atom is 0.161 e. The summed E-state index contributed by atoms with van der Waals surface area (Å²) in [6.45, 7) is 5.51. The first-order valence-corrected chi connectivity index (χ1v) is 9.76. The first kappa shape index (κ1) is 19.7. The first-order valence-electron chi connectivity index (χ1n) is 8.88. The molecule has 6 nitrogen and oxygen atoms in total. The summed E-state index contributed by atoms with van der Waals surface area (Å²) >= 11 is 1.55. The molecule has 0 saturated carbocycles. The van der Waals surface area contributed by atoms with Crippen molar-refractivity contribution in [2.75, 3.05) is 27.3 Å². The molecule has 0 bridgehead atoms. The van der Waals surface area contributed by atoms with E-state index in [-0.39, 0.29) is 17.6 Å². The van der Waals surface area contributed by atoms with Crippen LogP contribution in [-0.4, -0.2) is 73.5 Å². The Morgan fingerprint density at radius 2 is 1.79 bits per heavy atom. The molecule has 2 heterocycles. The number of carbonyl (C=O) groups excluding carboxylic acids is 1. The highest BCUT2D eigenvalue weighted by molar-refractivity contribution is 8.14. The largest absolute Gasteiger partial charge is 0.373 e. The van der Waals surface area contributed by atoms with Crippen LogP contribution in [0.2, 0.25) is 0 Å². The smallest absolute Gasteiger partial charge is 0.161 e. The maximum atomic E-state index is 11.6. The number of rotatable bonds is 9. The number of amidine groups is 1. The van der Waals surface area contributed by atoms with Gasteiger partial charge in [-0.05, 0) is 12.8 Å². The minimum absolute atomic E-state index is 0.132. The van der Waals surface area contributed by atoms with Crippen molar-refractivity contribution >= 4 is 23.2 Å². The Morgan fingerprint density at radius 3 is 2.33 bits per heavy atom. The van der Waals surface area contributed by atoms with Crippen LogP contribution in [-0.2, 0) is 19.0 Å². The fraction of sp³-hybridized carbons (Fsp3) is 0.882. The van der Waals surface area contributed by atoms with Gasteiger partial charge in [-0.3, -0.25) is 4.99 Å². The van der Waals surface area contributed by atoms with Gasteiger partial charge in [0.1, 0.15) is 29.8 Å². The van der Waals surface area contributed by atoms with E-state index >= 15 is 0 Å². The van der Waals surface area contributed by atoms with Crippen molar-refractivity contribution in [2.45, 2.75) is 69.3 Å². The SMILES string of the molecule is CCCCO[C@@H]1[C@H]2N=C(N(C)C)S[C@H]2O[C@H](C=O)[C@H]1OCCCC. The molecule has 0 amide bonds. The molecule has 1 fully saturated rings. The highest BCUT2D eigenvalue weighted by Gasteiger charge is 2.50. The number of hydrogen-bond donors (Lipinski definition) is 0. The van der Waals surface area contributed by atoms with Gasteiger partial charge in [-0.15, -0.1) is 0 Å². The van der Waals surface area contributed by atoms with Gasteiger partial charge in [0.15, 0.2) is 11.5 Å². The van der Waals surface area contributed by atoms with E-state index in [2.05, 4.69) is 13.8 Å². The van der Waals surface area contributed by atoms with Crippen LogP contribution in [0, 0.1) is 0 Å². The molecule has 0 aromatic rings. The van der Waals surface area contributed by atoms with Crippen molar-refractivity contribution in [1.82, 2.24) is 4.90 Å². The predicted octanol–water partition coefficient (Wildman–Crippen LogP) is 2.31. The molecule has 138 valence electrons. The van der Waals surface area contributed by atoms with Gasteiger partial charge in [0.05, 0.1) is 0 Å². The molecule has 1 saturated heterocycles. The van der Waals surface area contributed by atoms with Crippen molar-refractivity contribution in [3.05, 3.63) is 0 Å². The molecule has 0 aromatic heterocycles. The third kappa shape index (κ3) is 4.71. The van der Waals surface area contributed by atoms with Crippen LogP contribution in [0.5, 0.6) is 0 Å². The highest BCUT2D eigenvalue weighted by atomic mass is 32.2. The van der Waals surface area contributed by atoms with Crippen LogP contribution in [0.3, 0.4) is 0 Å². The van der Waals surface area contributed by atoms with Crippen LogP contribution < -0.4 is 0 Å². The van der Waals surface area contributed by atoms with Gasteiger partial charge in [-0.2, -0.15) is 0 Å². The number of carbonyl (C=O) groups is 1. The van der Waals surface area contributed by atoms with E-state index in [0.717, 1.165) is 37.1 Å². The second-order valence-electron chi connectivity index (χ2n) is 6.40. The van der Waals surface area contributed by atoms with Gasteiger partial charge >= 0.3 is 0 Å². The number of aliphatic imine (C=N–C) groups is 1. The lowest BCUT2D eigenvalue weighted by Crippen LogP contribution is -2.57. The summed E-state index contributed by atoms with van der Waals surface area (Å²) in [6.07, 6.45) is 3.67. The quantitative estimate of drug-likeness (QED) is 0.466. The summed E-state index contributed by atoms with van der Waals surface area (Å²) in [5.74, 6) is 0. The van der Waals surface area contributed by atoms with E-state index in [1.54, 1.807) is 11.8 Å². The molecular weight excluding hydrogens is 328 g/mol. The normalized spacial score (nSPS) is 32.3. The van der Waals surface area contributed by atoms with E-state index in [1.807, 2.05) is 19.0 Å². The van der Waals surface area contributed by atoms with Crippen molar-refractivity contribution in [1.29, 1.82) is 0 Å². The summed E-state index contributed by atoms with van der Waals surface area (Å²) < 4.78 is 18.1. The molecule has 0 spiro atoms.